The van der Waals surface area contributed by atoms with Gasteiger partial charge in [-0.25, -0.2) is 4.79 Å². The van der Waals surface area contributed by atoms with Crippen LogP contribution in [0.2, 0.25) is 0 Å². The fourth-order valence-corrected chi connectivity index (χ4v) is 4.19. The Morgan fingerprint density at radius 1 is 1.21 bits per heavy atom. The van der Waals surface area contributed by atoms with E-state index in [0.717, 1.165) is 24.8 Å². The van der Waals surface area contributed by atoms with E-state index in [2.05, 4.69) is 6.92 Å². The summed E-state index contributed by atoms with van der Waals surface area (Å²) in [4.78, 5) is 26.6. The second-order valence-corrected chi connectivity index (χ2v) is 6.60. The Hall–Kier alpha value is -2.04. The van der Waals surface area contributed by atoms with Gasteiger partial charge in [-0.1, -0.05) is 37.3 Å². The van der Waals surface area contributed by atoms with Gasteiger partial charge < -0.3 is 14.4 Å². The first-order valence-corrected chi connectivity index (χ1v) is 8.78. The third-order valence-electron chi connectivity index (χ3n) is 5.43. The summed E-state index contributed by atoms with van der Waals surface area (Å²) >= 11 is 0. The number of likely N-dealkylation sites (tertiary alicyclic amines) is 1. The summed E-state index contributed by atoms with van der Waals surface area (Å²) < 4.78 is 10.7. The Bertz CT molecular complexity index is 603. The van der Waals surface area contributed by atoms with Gasteiger partial charge in [0.25, 0.3) is 0 Å². The molecule has 0 radical (unpaired) electrons. The maximum absolute atomic E-state index is 12.5. The molecular formula is C19H25NO4. The van der Waals surface area contributed by atoms with Gasteiger partial charge in [0.2, 0.25) is 0 Å². The first-order chi connectivity index (χ1) is 11.6. The lowest BCUT2D eigenvalue weighted by Gasteiger charge is -2.30. The quantitative estimate of drug-likeness (QED) is 0.776. The van der Waals surface area contributed by atoms with E-state index in [0.29, 0.717) is 13.2 Å². The fourth-order valence-electron chi connectivity index (χ4n) is 4.19. The largest absolute Gasteiger partial charge is 0.466 e. The Morgan fingerprint density at radius 2 is 1.96 bits per heavy atom. The molecule has 0 N–H and O–H groups in total. The third kappa shape index (κ3) is 2.87. The predicted octanol–water partition coefficient (Wildman–Crippen LogP) is 3.38. The Morgan fingerprint density at radius 3 is 2.62 bits per heavy atom. The van der Waals surface area contributed by atoms with Crippen molar-refractivity contribution in [2.75, 3.05) is 13.2 Å². The molecule has 5 heteroatoms. The number of piperidine rings is 1. The van der Waals surface area contributed by atoms with Gasteiger partial charge in [0.1, 0.15) is 6.61 Å². The molecule has 1 amide bonds. The summed E-state index contributed by atoms with van der Waals surface area (Å²) in [6, 6.07) is 9.56. The van der Waals surface area contributed by atoms with Crippen LogP contribution in [0.1, 0.15) is 38.7 Å². The van der Waals surface area contributed by atoms with Crippen molar-refractivity contribution < 1.29 is 19.1 Å². The smallest absolute Gasteiger partial charge is 0.410 e. The second kappa shape index (κ2) is 6.83. The molecule has 1 heterocycles. The van der Waals surface area contributed by atoms with E-state index in [1.165, 1.54) is 0 Å². The van der Waals surface area contributed by atoms with Gasteiger partial charge in [-0.15, -0.1) is 0 Å². The van der Waals surface area contributed by atoms with Crippen LogP contribution in [0.4, 0.5) is 4.79 Å². The van der Waals surface area contributed by atoms with Crippen LogP contribution in [0.25, 0.3) is 0 Å². The number of esters is 1. The van der Waals surface area contributed by atoms with Crippen molar-refractivity contribution >= 4 is 12.1 Å². The van der Waals surface area contributed by atoms with Crippen molar-refractivity contribution in [3.05, 3.63) is 35.9 Å². The molecule has 5 nitrogen and oxygen atoms in total. The predicted molar refractivity (Wildman–Crippen MR) is 89.2 cm³/mol. The molecule has 0 spiro atoms. The van der Waals surface area contributed by atoms with Crippen molar-refractivity contribution in [2.45, 2.75) is 45.8 Å². The van der Waals surface area contributed by atoms with E-state index in [-0.39, 0.29) is 36.0 Å². The summed E-state index contributed by atoms with van der Waals surface area (Å²) in [6.07, 6.45) is 2.43. The van der Waals surface area contributed by atoms with Gasteiger partial charge in [0.05, 0.1) is 18.6 Å². The molecule has 0 unspecified atom stereocenters. The highest BCUT2D eigenvalue weighted by Gasteiger charge is 2.71. The minimum atomic E-state index is -0.326. The molecule has 1 saturated carbocycles. The van der Waals surface area contributed by atoms with Crippen LogP contribution in [-0.2, 0) is 20.9 Å². The number of hydrogen-bond acceptors (Lipinski definition) is 4. The number of fused-ring (bicyclic) bond motifs is 1. The van der Waals surface area contributed by atoms with Crippen molar-refractivity contribution in [1.82, 2.24) is 4.90 Å². The minimum absolute atomic E-state index is 0.0708. The maximum atomic E-state index is 12.5. The number of ether oxygens (including phenoxy) is 2. The van der Waals surface area contributed by atoms with Crippen LogP contribution < -0.4 is 0 Å². The molecule has 0 bridgehead atoms. The number of benzene rings is 1. The molecular weight excluding hydrogens is 306 g/mol. The molecule has 130 valence electrons. The standard InChI is InChI=1S/C19H25NO4/c1-3-19-11-8-12-20(16(19)15(19)17(21)23-4-2)18(22)24-13-14-9-6-5-7-10-14/h5-7,9-10,15-16H,3-4,8,11-13H2,1-2H3/t15-,16+,19-/m1/s1. The molecule has 1 aromatic carbocycles. The van der Waals surface area contributed by atoms with Gasteiger partial charge in [-0.3, -0.25) is 4.79 Å². The molecule has 1 aliphatic carbocycles. The number of nitrogens with zero attached hydrogens (tertiary/aromatic N) is 1. The van der Waals surface area contributed by atoms with E-state index in [1.807, 2.05) is 37.3 Å². The number of rotatable bonds is 5. The lowest BCUT2D eigenvalue weighted by molar-refractivity contribution is -0.145. The Labute approximate surface area is 142 Å². The van der Waals surface area contributed by atoms with Gasteiger partial charge in [-0.05, 0) is 31.7 Å². The molecule has 1 aliphatic heterocycles. The average Bonchev–Trinajstić information content (AvgIpc) is 3.30. The zero-order chi connectivity index (χ0) is 17.2. The summed E-state index contributed by atoms with van der Waals surface area (Å²) in [5.74, 6) is -0.374. The molecule has 3 atom stereocenters. The van der Waals surface area contributed by atoms with E-state index >= 15 is 0 Å². The lowest BCUT2D eigenvalue weighted by atomic mass is 9.91. The number of hydrogen-bond donors (Lipinski definition) is 0. The number of carbonyl (C=O) groups is 2. The van der Waals surface area contributed by atoms with E-state index in [4.69, 9.17) is 9.47 Å². The highest BCUT2D eigenvalue weighted by Crippen LogP contribution is 2.63. The van der Waals surface area contributed by atoms with Crippen LogP contribution in [0, 0.1) is 11.3 Å². The normalized spacial score (nSPS) is 28.0. The van der Waals surface area contributed by atoms with E-state index < -0.39 is 0 Å². The topological polar surface area (TPSA) is 55.8 Å². The molecule has 1 saturated heterocycles. The van der Waals surface area contributed by atoms with Gasteiger partial charge in [0.15, 0.2) is 0 Å². The monoisotopic (exact) mass is 331 g/mol. The van der Waals surface area contributed by atoms with E-state index in [9.17, 15) is 9.59 Å². The zero-order valence-electron chi connectivity index (χ0n) is 14.4. The Balaban J connectivity index is 1.67. The third-order valence-corrected chi connectivity index (χ3v) is 5.43. The fraction of sp³-hybridized carbons (Fsp3) is 0.579. The summed E-state index contributed by atoms with van der Waals surface area (Å²) in [5.41, 5.74) is 0.846. The molecule has 1 aromatic rings. The van der Waals surface area contributed by atoms with Crippen molar-refractivity contribution in [3.8, 4) is 0 Å². The van der Waals surface area contributed by atoms with Crippen LogP contribution in [-0.4, -0.2) is 36.2 Å². The zero-order valence-corrected chi connectivity index (χ0v) is 14.4. The van der Waals surface area contributed by atoms with Gasteiger partial charge in [-0.2, -0.15) is 0 Å². The number of carbonyl (C=O) groups excluding carboxylic acids is 2. The van der Waals surface area contributed by atoms with Crippen molar-refractivity contribution in [2.24, 2.45) is 11.3 Å². The highest BCUT2D eigenvalue weighted by molar-refractivity contribution is 5.81. The minimum Gasteiger partial charge on any atom is -0.466 e. The molecule has 0 aromatic heterocycles. The number of amides is 1. The summed E-state index contributed by atoms with van der Waals surface area (Å²) in [7, 11) is 0. The highest BCUT2D eigenvalue weighted by atomic mass is 16.6. The first kappa shape index (κ1) is 16.8. The SMILES string of the molecule is CCOC(=O)[C@H]1[C@@H]2N(C(=O)OCc3ccccc3)CCC[C@@]21CC. The molecule has 2 fully saturated rings. The Kier molecular flexibility index (Phi) is 4.78. The second-order valence-electron chi connectivity index (χ2n) is 6.60. The van der Waals surface area contributed by atoms with Crippen LogP contribution in [0.15, 0.2) is 30.3 Å². The van der Waals surface area contributed by atoms with Crippen LogP contribution >= 0.6 is 0 Å². The summed E-state index contributed by atoms with van der Waals surface area (Å²) in [5, 5.41) is 0. The van der Waals surface area contributed by atoms with E-state index in [1.54, 1.807) is 4.90 Å². The van der Waals surface area contributed by atoms with Gasteiger partial charge in [0, 0.05) is 12.0 Å². The molecule has 24 heavy (non-hydrogen) atoms. The summed E-state index contributed by atoms with van der Waals surface area (Å²) in [6.45, 7) is 5.18. The molecule has 3 rings (SSSR count). The van der Waals surface area contributed by atoms with Crippen LogP contribution in [0.5, 0.6) is 0 Å². The average molecular weight is 331 g/mol. The first-order valence-electron chi connectivity index (χ1n) is 8.78. The lowest BCUT2D eigenvalue weighted by Crippen LogP contribution is -2.40. The maximum Gasteiger partial charge on any atom is 0.410 e. The van der Waals surface area contributed by atoms with Gasteiger partial charge >= 0.3 is 12.1 Å². The molecule has 2 aliphatic rings. The van der Waals surface area contributed by atoms with Crippen molar-refractivity contribution in [1.29, 1.82) is 0 Å². The van der Waals surface area contributed by atoms with Crippen LogP contribution in [0.3, 0.4) is 0 Å². The van der Waals surface area contributed by atoms with Crippen molar-refractivity contribution in [3.63, 3.8) is 0 Å².